The van der Waals surface area contributed by atoms with Crippen LogP contribution < -0.4 is 0 Å². The molecule has 0 fully saturated rings. The number of hydrogen-bond acceptors (Lipinski definition) is 3. The normalized spacial score (nSPS) is 10.8. The minimum absolute atomic E-state index is 0.136. The first-order chi connectivity index (χ1) is 9.56. The monoisotopic (exact) mass is 334 g/mol. The highest BCUT2D eigenvalue weighted by Crippen LogP contribution is 2.19. The molecule has 0 spiro atoms. The molecular formula is C15H15BrN2O2. The molecule has 0 saturated carbocycles. The first-order valence-corrected chi connectivity index (χ1v) is 7.01. The van der Waals surface area contributed by atoms with E-state index in [9.17, 15) is 10.1 Å². The predicted octanol–water partition coefficient (Wildman–Crippen LogP) is 3.99. The van der Waals surface area contributed by atoms with Crippen molar-refractivity contribution in [3.63, 3.8) is 0 Å². The van der Waals surface area contributed by atoms with E-state index in [1.807, 2.05) is 31.3 Å². The molecule has 5 heteroatoms. The van der Waals surface area contributed by atoms with Crippen molar-refractivity contribution in [1.29, 1.82) is 0 Å². The van der Waals surface area contributed by atoms with Crippen LogP contribution in [0.5, 0.6) is 0 Å². The van der Waals surface area contributed by atoms with Gasteiger partial charge < -0.3 is 0 Å². The Hall–Kier alpha value is -1.72. The zero-order valence-corrected chi connectivity index (χ0v) is 12.7. The van der Waals surface area contributed by atoms with Crippen LogP contribution in [0.3, 0.4) is 0 Å². The summed E-state index contributed by atoms with van der Waals surface area (Å²) in [7, 11) is 2.00. The maximum absolute atomic E-state index is 10.8. The van der Waals surface area contributed by atoms with Gasteiger partial charge in [0.05, 0.1) is 4.92 Å². The highest BCUT2D eigenvalue weighted by Gasteiger charge is 2.08. The lowest BCUT2D eigenvalue weighted by Crippen LogP contribution is -2.17. The lowest BCUT2D eigenvalue weighted by molar-refractivity contribution is -0.384. The van der Waals surface area contributed by atoms with Crippen LogP contribution in [-0.4, -0.2) is 16.9 Å². The van der Waals surface area contributed by atoms with Gasteiger partial charge in [0.2, 0.25) is 0 Å². The summed E-state index contributed by atoms with van der Waals surface area (Å²) in [6.45, 7) is 1.45. The van der Waals surface area contributed by atoms with E-state index in [0.717, 1.165) is 16.6 Å². The summed E-state index contributed by atoms with van der Waals surface area (Å²) in [5.41, 5.74) is 2.27. The molecule has 0 aliphatic heterocycles. The van der Waals surface area contributed by atoms with E-state index in [1.165, 1.54) is 11.6 Å². The van der Waals surface area contributed by atoms with E-state index in [4.69, 9.17) is 0 Å². The lowest BCUT2D eigenvalue weighted by atomic mass is 10.1. The van der Waals surface area contributed by atoms with E-state index in [1.54, 1.807) is 12.1 Å². The fourth-order valence-electron chi connectivity index (χ4n) is 2.05. The zero-order valence-electron chi connectivity index (χ0n) is 11.1. The van der Waals surface area contributed by atoms with Gasteiger partial charge in [0.25, 0.3) is 5.69 Å². The third-order valence-electron chi connectivity index (χ3n) is 2.97. The maximum atomic E-state index is 10.8. The molecule has 0 saturated heterocycles. The van der Waals surface area contributed by atoms with E-state index < -0.39 is 0 Å². The third kappa shape index (κ3) is 3.88. The Morgan fingerprint density at radius 3 is 2.60 bits per heavy atom. The van der Waals surface area contributed by atoms with Crippen molar-refractivity contribution in [2.75, 3.05) is 7.05 Å². The van der Waals surface area contributed by atoms with Crippen molar-refractivity contribution < 1.29 is 4.92 Å². The summed E-state index contributed by atoms with van der Waals surface area (Å²) in [5, 5.41) is 10.8. The lowest BCUT2D eigenvalue weighted by Gasteiger charge is -2.17. The summed E-state index contributed by atoms with van der Waals surface area (Å²) in [6.07, 6.45) is 0. The van der Waals surface area contributed by atoms with Gasteiger partial charge in [-0.1, -0.05) is 46.3 Å². The van der Waals surface area contributed by atoms with E-state index in [2.05, 4.69) is 26.9 Å². The van der Waals surface area contributed by atoms with E-state index >= 15 is 0 Å². The first-order valence-electron chi connectivity index (χ1n) is 6.21. The quantitative estimate of drug-likeness (QED) is 0.613. The number of nitro groups is 1. The van der Waals surface area contributed by atoms with Crippen LogP contribution in [0, 0.1) is 10.1 Å². The Kier molecular flexibility index (Phi) is 4.87. The molecule has 0 bridgehead atoms. The first kappa shape index (κ1) is 14.7. The average molecular weight is 335 g/mol. The fraction of sp³-hybridized carbons (Fsp3) is 0.200. The molecule has 0 heterocycles. The molecular weight excluding hydrogens is 320 g/mol. The fourth-order valence-corrected chi connectivity index (χ4v) is 2.46. The Balaban J connectivity index is 2.05. The average Bonchev–Trinajstić information content (AvgIpc) is 2.41. The molecule has 2 rings (SSSR count). The van der Waals surface area contributed by atoms with Crippen LogP contribution in [-0.2, 0) is 13.1 Å². The van der Waals surface area contributed by atoms with Crippen LogP contribution in [0.15, 0.2) is 53.0 Å². The molecule has 0 aliphatic rings. The highest BCUT2D eigenvalue weighted by molar-refractivity contribution is 9.10. The zero-order chi connectivity index (χ0) is 14.5. The summed E-state index contributed by atoms with van der Waals surface area (Å²) in [4.78, 5) is 12.5. The minimum atomic E-state index is -0.364. The van der Waals surface area contributed by atoms with Crippen LogP contribution >= 0.6 is 15.9 Å². The topological polar surface area (TPSA) is 46.4 Å². The number of rotatable bonds is 5. The van der Waals surface area contributed by atoms with E-state index in [-0.39, 0.29) is 10.6 Å². The number of hydrogen-bond donors (Lipinski definition) is 0. The molecule has 20 heavy (non-hydrogen) atoms. The molecule has 2 aromatic rings. The summed E-state index contributed by atoms with van der Waals surface area (Å²) in [5.74, 6) is 0. The van der Waals surface area contributed by atoms with Crippen LogP contribution in [0.2, 0.25) is 0 Å². The predicted molar refractivity (Wildman–Crippen MR) is 82.4 cm³/mol. The summed E-state index contributed by atoms with van der Waals surface area (Å²) >= 11 is 3.52. The number of benzene rings is 2. The molecule has 4 nitrogen and oxygen atoms in total. The van der Waals surface area contributed by atoms with Gasteiger partial charge in [0.15, 0.2) is 0 Å². The third-order valence-corrected chi connectivity index (χ3v) is 3.75. The molecule has 0 atom stereocenters. The van der Waals surface area contributed by atoms with Gasteiger partial charge in [0.1, 0.15) is 0 Å². The van der Waals surface area contributed by atoms with Gasteiger partial charge in [-0.2, -0.15) is 0 Å². The van der Waals surface area contributed by atoms with Crippen LogP contribution in [0.1, 0.15) is 11.1 Å². The smallest absolute Gasteiger partial charge is 0.269 e. The molecule has 0 N–H and O–H groups in total. The van der Waals surface area contributed by atoms with Crippen molar-refractivity contribution in [1.82, 2.24) is 4.90 Å². The number of halogens is 1. The van der Waals surface area contributed by atoms with Gasteiger partial charge in [-0.3, -0.25) is 15.0 Å². The number of non-ortho nitro benzene ring substituents is 1. The summed E-state index contributed by atoms with van der Waals surface area (Å²) < 4.78 is 1.07. The highest BCUT2D eigenvalue weighted by atomic mass is 79.9. The Bertz CT molecular complexity index is 616. The minimum Gasteiger partial charge on any atom is -0.298 e. The number of nitrogens with zero attached hydrogens (tertiary/aromatic N) is 2. The molecule has 0 aliphatic carbocycles. The van der Waals surface area contributed by atoms with Gasteiger partial charge in [-0.15, -0.1) is 0 Å². The Morgan fingerprint density at radius 1 is 1.15 bits per heavy atom. The largest absolute Gasteiger partial charge is 0.298 e. The van der Waals surface area contributed by atoms with Crippen molar-refractivity contribution in [3.05, 3.63) is 74.2 Å². The van der Waals surface area contributed by atoms with Crippen LogP contribution in [0.4, 0.5) is 5.69 Å². The van der Waals surface area contributed by atoms with Crippen molar-refractivity contribution in [3.8, 4) is 0 Å². The van der Waals surface area contributed by atoms with Gasteiger partial charge >= 0.3 is 0 Å². The van der Waals surface area contributed by atoms with Crippen molar-refractivity contribution in [2.45, 2.75) is 13.1 Å². The molecule has 0 unspecified atom stereocenters. The van der Waals surface area contributed by atoms with Gasteiger partial charge in [0, 0.05) is 29.7 Å². The Labute approximate surface area is 126 Å². The van der Waals surface area contributed by atoms with Gasteiger partial charge in [-0.25, -0.2) is 0 Å². The van der Waals surface area contributed by atoms with Crippen molar-refractivity contribution >= 4 is 21.6 Å². The second-order valence-corrected chi connectivity index (χ2v) is 5.55. The second kappa shape index (κ2) is 6.63. The molecule has 2 aromatic carbocycles. The standard InChI is InChI=1S/C15H15BrN2O2/c1-17(11-13-6-2-3-8-15(13)16)10-12-5-4-7-14(9-12)18(19)20/h2-9H,10-11H2,1H3. The molecule has 0 aromatic heterocycles. The second-order valence-electron chi connectivity index (χ2n) is 4.69. The Morgan fingerprint density at radius 2 is 1.90 bits per heavy atom. The number of nitro benzene ring substituents is 1. The van der Waals surface area contributed by atoms with Crippen molar-refractivity contribution in [2.24, 2.45) is 0 Å². The van der Waals surface area contributed by atoms with E-state index in [0.29, 0.717) is 6.54 Å². The maximum Gasteiger partial charge on any atom is 0.269 e. The van der Waals surface area contributed by atoms with Crippen LogP contribution in [0.25, 0.3) is 0 Å². The molecule has 0 amide bonds. The summed E-state index contributed by atoms with van der Waals surface area (Å²) in [6, 6.07) is 14.8. The SMILES string of the molecule is CN(Cc1cccc([N+](=O)[O-])c1)Cc1ccccc1Br. The molecule has 104 valence electrons. The van der Waals surface area contributed by atoms with Gasteiger partial charge in [-0.05, 0) is 24.2 Å². The molecule has 0 radical (unpaired) electrons.